The molecular weight excluding hydrogens is 360 g/mol. The van der Waals surface area contributed by atoms with Crippen LogP contribution in [-0.2, 0) is 4.74 Å². The van der Waals surface area contributed by atoms with Crippen molar-refractivity contribution in [3.05, 3.63) is 65.4 Å². The maximum absolute atomic E-state index is 12.6. The van der Waals surface area contributed by atoms with Gasteiger partial charge in [0.1, 0.15) is 5.75 Å². The van der Waals surface area contributed by atoms with Crippen LogP contribution >= 0.6 is 0 Å². The second-order valence-corrected chi connectivity index (χ2v) is 6.11. The summed E-state index contributed by atoms with van der Waals surface area (Å²) in [6, 6.07) is 9.28. The van der Waals surface area contributed by atoms with E-state index in [1.54, 1.807) is 13.2 Å². The summed E-state index contributed by atoms with van der Waals surface area (Å²) in [7, 11) is 1.61. The number of aryl methyl sites for hydroxylation is 1. The zero-order chi connectivity index (χ0) is 20.3. The van der Waals surface area contributed by atoms with E-state index in [2.05, 4.69) is 9.97 Å². The normalized spacial score (nSPS) is 10.5. The van der Waals surface area contributed by atoms with E-state index in [1.807, 2.05) is 42.7 Å². The molecule has 0 atom stereocenters. The molecule has 0 aliphatic heterocycles. The number of nitrogens with two attached hydrogens (primary N) is 1. The summed E-state index contributed by atoms with van der Waals surface area (Å²) in [4.78, 5) is 32.3. The maximum atomic E-state index is 12.6. The molecule has 0 amide bonds. The first kappa shape index (κ1) is 19.1. The third kappa shape index (κ3) is 3.71. The van der Waals surface area contributed by atoms with Crippen LogP contribution in [-0.4, -0.2) is 40.0 Å². The second-order valence-electron chi connectivity index (χ2n) is 6.11. The molecule has 0 radical (unpaired) electrons. The van der Waals surface area contributed by atoms with Crippen molar-refractivity contribution < 1.29 is 19.1 Å². The minimum absolute atomic E-state index is 0.0439. The van der Waals surface area contributed by atoms with Crippen LogP contribution in [0.2, 0.25) is 0 Å². The Morgan fingerprint density at radius 1 is 1.11 bits per heavy atom. The summed E-state index contributed by atoms with van der Waals surface area (Å²) in [6.45, 7) is 3.33. The van der Waals surface area contributed by atoms with E-state index in [4.69, 9.17) is 15.2 Å². The lowest BCUT2D eigenvalue weighted by Gasteiger charge is -2.11. The summed E-state index contributed by atoms with van der Waals surface area (Å²) in [5.74, 6) is -0.401. The van der Waals surface area contributed by atoms with Crippen molar-refractivity contribution in [2.45, 2.75) is 13.8 Å². The van der Waals surface area contributed by atoms with Crippen LogP contribution in [0.4, 0.5) is 5.82 Å². The van der Waals surface area contributed by atoms with E-state index >= 15 is 0 Å². The predicted molar refractivity (Wildman–Crippen MR) is 103 cm³/mol. The van der Waals surface area contributed by atoms with Gasteiger partial charge >= 0.3 is 5.97 Å². The molecule has 0 saturated heterocycles. The fourth-order valence-corrected chi connectivity index (χ4v) is 2.96. The number of methoxy groups -OCH3 is 1. The van der Waals surface area contributed by atoms with Gasteiger partial charge in [-0.25, -0.2) is 14.8 Å². The zero-order valence-corrected chi connectivity index (χ0v) is 15.8. The Morgan fingerprint density at radius 2 is 1.79 bits per heavy atom. The highest BCUT2D eigenvalue weighted by Crippen LogP contribution is 2.23. The third-order valence-electron chi connectivity index (χ3n) is 4.32. The number of ether oxygens (including phenoxy) is 2. The van der Waals surface area contributed by atoms with Gasteiger partial charge in [0.15, 0.2) is 18.1 Å². The van der Waals surface area contributed by atoms with E-state index < -0.39 is 12.6 Å². The van der Waals surface area contributed by atoms with Gasteiger partial charge in [-0.2, -0.15) is 0 Å². The quantitative estimate of drug-likeness (QED) is 0.517. The smallest absolute Gasteiger partial charge is 0.361 e. The van der Waals surface area contributed by atoms with Crippen LogP contribution in [0.5, 0.6) is 5.75 Å². The third-order valence-corrected chi connectivity index (χ3v) is 4.32. The van der Waals surface area contributed by atoms with Gasteiger partial charge in [-0.15, -0.1) is 0 Å². The first-order chi connectivity index (χ1) is 13.4. The highest BCUT2D eigenvalue weighted by molar-refractivity contribution is 6.01. The second kappa shape index (κ2) is 7.91. The van der Waals surface area contributed by atoms with Crippen LogP contribution in [0.1, 0.15) is 32.2 Å². The van der Waals surface area contributed by atoms with Crippen LogP contribution in [0.25, 0.3) is 5.69 Å². The molecule has 8 heteroatoms. The molecule has 0 fully saturated rings. The first-order valence-corrected chi connectivity index (χ1v) is 8.52. The average molecular weight is 380 g/mol. The van der Waals surface area contributed by atoms with Crippen LogP contribution in [0.3, 0.4) is 0 Å². The lowest BCUT2D eigenvalue weighted by Crippen LogP contribution is -2.17. The number of nitrogens with zero attached hydrogens (tertiary/aromatic N) is 3. The SMILES string of the molecule is COc1ccc(-n2c(C)cc(C(=O)COC(=O)c3nccnc3N)c2C)cc1. The van der Waals surface area contributed by atoms with Crippen molar-refractivity contribution in [2.24, 2.45) is 0 Å². The molecule has 28 heavy (non-hydrogen) atoms. The summed E-state index contributed by atoms with van der Waals surface area (Å²) in [5, 5.41) is 0. The Labute approximate surface area is 161 Å². The van der Waals surface area contributed by atoms with Crippen LogP contribution < -0.4 is 10.5 Å². The van der Waals surface area contributed by atoms with Crippen molar-refractivity contribution in [1.82, 2.24) is 14.5 Å². The molecule has 0 spiro atoms. The Kier molecular flexibility index (Phi) is 5.39. The number of rotatable bonds is 6. The fraction of sp³-hybridized carbons (Fsp3) is 0.200. The molecule has 0 unspecified atom stereocenters. The molecule has 0 saturated carbocycles. The topological polar surface area (TPSA) is 109 Å². The van der Waals surface area contributed by atoms with E-state index in [0.29, 0.717) is 5.56 Å². The van der Waals surface area contributed by atoms with Gasteiger partial charge in [0.25, 0.3) is 0 Å². The standard InChI is InChI=1S/C20H20N4O4/c1-12-10-16(13(2)24(12)14-4-6-15(27-3)7-5-14)17(25)11-28-20(26)18-19(21)23-9-8-22-18/h4-10H,11H2,1-3H3,(H2,21,23). The van der Waals surface area contributed by atoms with Crippen LogP contribution in [0, 0.1) is 13.8 Å². The van der Waals surface area contributed by atoms with Gasteiger partial charge in [-0.1, -0.05) is 0 Å². The number of carbonyl (C=O) groups is 2. The molecule has 0 aliphatic rings. The number of nitrogen functional groups attached to an aromatic ring is 1. The number of carbonyl (C=O) groups excluding carboxylic acids is 2. The maximum Gasteiger partial charge on any atom is 0.361 e. The number of benzene rings is 1. The van der Waals surface area contributed by atoms with Gasteiger partial charge in [0.2, 0.25) is 5.78 Å². The number of hydrogen-bond donors (Lipinski definition) is 1. The molecule has 1 aromatic carbocycles. The number of aromatic nitrogens is 3. The fourth-order valence-electron chi connectivity index (χ4n) is 2.96. The number of anilines is 1. The molecular formula is C20H20N4O4. The predicted octanol–water partition coefficient (Wildman–Crippen LogP) is 2.51. The Balaban J connectivity index is 1.77. The molecule has 8 nitrogen and oxygen atoms in total. The largest absolute Gasteiger partial charge is 0.497 e. The van der Waals surface area contributed by atoms with Gasteiger partial charge in [0.05, 0.1) is 7.11 Å². The minimum atomic E-state index is -0.789. The lowest BCUT2D eigenvalue weighted by atomic mass is 10.1. The molecule has 0 bridgehead atoms. The van der Waals surface area contributed by atoms with Gasteiger partial charge in [-0.05, 0) is 44.2 Å². The molecule has 2 heterocycles. The van der Waals surface area contributed by atoms with E-state index in [1.165, 1.54) is 12.4 Å². The van der Waals surface area contributed by atoms with E-state index in [9.17, 15) is 9.59 Å². The van der Waals surface area contributed by atoms with Crippen molar-refractivity contribution in [1.29, 1.82) is 0 Å². The molecule has 0 aliphatic carbocycles. The highest BCUT2D eigenvalue weighted by atomic mass is 16.5. The van der Waals surface area contributed by atoms with Crippen molar-refractivity contribution >= 4 is 17.6 Å². The van der Waals surface area contributed by atoms with E-state index in [0.717, 1.165) is 22.8 Å². The van der Waals surface area contributed by atoms with Crippen LogP contribution in [0.15, 0.2) is 42.7 Å². The van der Waals surface area contributed by atoms with Gasteiger partial charge < -0.3 is 19.8 Å². The summed E-state index contributed by atoms with van der Waals surface area (Å²) in [5.41, 5.74) is 8.51. The summed E-state index contributed by atoms with van der Waals surface area (Å²) < 4.78 is 12.2. The molecule has 3 aromatic rings. The first-order valence-electron chi connectivity index (χ1n) is 8.52. The molecule has 144 valence electrons. The Hall–Kier alpha value is -3.68. The minimum Gasteiger partial charge on any atom is -0.497 e. The number of esters is 1. The summed E-state index contributed by atoms with van der Waals surface area (Å²) in [6.07, 6.45) is 2.70. The Morgan fingerprint density at radius 3 is 2.43 bits per heavy atom. The van der Waals surface area contributed by atoms with E-state index in [-0.39, 0.29) is 17.3 Å². The van der Waals surface area contributed by atoms with Crippen molar-refractivity contribution in [3.8, 4) is 11.4 Å². The lowest BCUT2D eigenvalue weighted by molar-refractivity contribution is 0.0469. The number of Topliss-reactive ketones (excluding diaryl/α,β-unsaturated/α-hetero) is 1. The average Bonchev–Trinajstić information content (AvgIpc) is 3.00. The van der Waals surface area contributed by atoms with Crippen molar-refractivity contribution in [3.63, 3.8) is 0 Å². The molecule has 2 N–H and O–H groups in total. The molecule has 3 rings (SSSR count). The van der Waals surface area contributed by atoms with Gasteiger partial charge in [0, 0.05) is 35.0 Å². The number of hydrogen-bond acceptors (Lipinski definition) is 7. The Bertz CT molecular complexity index is 1030. The van der Waals surface area contributed by atoms with Crippen molar-refractivity contribution in [2.75, 3.05) is 19.5 Å². The zero-order valence-electron chi connectivity index (χ0n) is 15.8. The summed E-state index contributed by atoms with van der Waals surface area (Å²) >= 11 is 0. The number of ketones is 1. The monoisotopic (exact) mass is 380 g/mol. The highest BCUT2D eigenvalue weighted by Gasteiger charge is 2.20. The molecule has 2 aromatic heterocycles. The van der Waals surface area contributed by atoms with Gasteiger partial charge in [-0.3, -0.25) is 4.79 Å².